The zero-order valence-corrected chi connectivity index (χ0v) is 14.2. The molecule has 0 saturated carbocycles. The summed E-state index contributed by atoms with van der Waals surface area (Å²) in [4.78, 5) is 20.7. The molecule has 0 radical (unpaired) electrons. The van der Waals surface area contributed by atoms with Crippen LogP contribution in [0.25, 0.3) is 21.8 Å². The number of nitrogens with one attached hydrogen (secondary N) is 1. The fraction of sp³-hybridized carbons (Fsp3) is 0.111. The number of nitrogens with zero attached hydrogens (tertiary/aromatic N) is 4. The number of amides is 1. The van der Waals surface area contributed by atoms with E-state index in [0.717, 1.165) is 22.0 Å². The van der Waals surface area contributed by atoms with E-state index >= 15 is 0 Å². The van der Waals surface area contributed by atoms with E-state index in [9.17, 15) is 18.0 Å². The van der Waals surface area contributed by atoms with E-state index in [-0.39, 0.29) is 12.2 Å². The summed E-state index contributed by atoms with van der Waals surface area (Å²) in [6.45, 7) is -0.137. The first-order valence-electron chi connectivity index (χ1n) is 8.13. The number of rotatable bonds is 3. The Morgan fingerprint density at radius 1 is 1.11 bits per heavy atom. The van der Waals surface area contributed by atoms with Crippen molar-refractivity contribution < 1.29 is 18.0 Å². The Balaban J connectivity index is 1.58. The molecular weight excluding hydrogens is 373 g/mol. The van der Waals surface area contributed by atoms with Crippen LogP contribution in [0.2, 0.25) is 0 Å². The molecule has 0 fully saturated rings. The Kier molecular flexibility index (Phi) is 4.19. The number of fused-ring (bicyclic) bond motifs is 3. The normalized spacial score (nSPS) is 11.9. The Labute approximate surface area is 156 Å². The minimum atomic E-state index is -4.47. The Hall–Kier alpha value is -3.53. The number of carbonyl (C=O) groups excluding carboxylic acids is 1. The van der Waals surface area contributed by atoms with Crippen molar-refractivity contribution >= 4 is 27.7 Å². The second kappa shape index (κ2) is 6.57. The molecule has 1 amide bonds. The summed E-state index contributed by atoms with van der Waals surface area (Å²) in [6, 6.07) is 7.00. The monoisotopic (exact) mass is 386 g/mol. The van der Waals surface area contributed by atoms with Gasteiger partial charge in [0.1, 0.15) is 0 Å². The number of aromatic amines is 1. The number of alkyl halides is 3. The van der Waals surface area contributed by atoms with Crippen LogP contribution >= 0.6 is 0 Å². The number of nitrogens with two attached hydrogens (primary N) is 1. The molecule has 0 aliphatic rings. The van der Waals surface area contributed by atoms with Crippen LogP contribution in [-0.2, 0) is 12.7 Å². The molecule has 4 rings (SSSR count). The number of hydrazine groups is 1. The first-order chi connectivity index (χ1) is 13.3. The topological polar surface area (TPSA) is 101 Å². The smallest absolute Gasteiger partial charge is 0.277 e. The molecule has 0 atom stereocenters. The highest BCUT2D eigenvalue weighted by Gasteiger charge is 2.30. The highest BCUT2D eigenvalue weighted by Crippen LogP contribution is 2.28. The summed E-state index contributed by atoms with van der Waals surface area (Å²) in [5.74, 6) is 5.33. The van der Waals surface area contributed by atoms with Crippen molar-refractivity contribution in [1.29, 1.82) is 0 Å². The molecule has 3 N–H and O–H groups in total. The molecule has 142 valence electrons. The van der Waals surface area contributed by atoms with Gasteiger partial charge in [-0.15, -0.1) is 0 Å². The highest BCUT2D eigenvalue weighted by molar-refractivity contribution is 6.06. The fourth-order valence-corrected chi connectivity index (χ4v) is 2.83. The number of carbonyl (C=O) groups is 1. The molecule has 3 heterocycles. The molecule has 7 nitrogen and oxygen atoms in total. The van der Waals surface area contributed by atoms with Crippen molar-refractivity contribution in [1.82, 2.24) is 25.2 Å². The van der Waals surface area contributed by atoms with Crippen molar-refractivity contribution in [3.63, 3.8) is 0 Å². The predicted molar refractivity (Wildman–Crippen MR) is 94.7 cm³/mol. The zero-order valence-electron chi connectivity index (χ0n) is 14.2. The maximum atomic E-state index is 12.6. The Morgan fingerprint density at radius 2 is 1.93 bits per heavy atom. The van der Waals surface area contributed by atoms with Gasteiger partial charge in [0.2, 0.25) is 0 Å². The lowest BCUT2D eigenvalue weighted by Gasteiger charge is -2.17. The van der Waals surface area contributed by atoms with E-state index in [1.54, 1.807) is 30.6 Å². The van der Waals surface area contributed by atoms with Gasteiger partial charge in [0.25, 0.3) is 5.91 Å². The van der Waals surface area contributed by atoms with Crippen molar-refractivity contribution in [2.24, 2.45) is 5.84 Å². The van der Waals surface area contributed by atoms with Crippen LogP contribution in [0, 0.1) is 0 Å². The summed E-state index contributed by atoms with van der Waals surface area (Å²) < 4.78 is 37.8. The maximum absolute atomic E-state index is 12.6. The largest absolute Gasteiger partial charge is 0.417 e. The van der Waals surface area contributed by atoms with E-state index in [4.69, 9.17) is 5.84 Å². The molecule has 0 spiro atoms. The van der Waals surface area contributed by atoms with Crippen LogP contribution in [0.1, 0.15) is 21.6 Å². The number of aromatic nitrogens is 4. The van der Waals surface area contributed by atoms with Crippen LogP contribution < -0.4 is 5.84 Å². The lowest BCUT2D eigenvalue weighted by molar-refractivity contribution is -0.137. The van der Waals surface area contributed by atoms with E-state index in [0.29, 0.717) is 22.7 Å². The molecule has 10 heteroatoms. The third-order valence-electron chi connectivity index (χ3n) is 4.27. The molecule has 0 unspecified atom stereocenters. The maximum Gasteiger partial charge on any atom is 0.417 e. The van der Waals surface area contributed by atoms with Gasteiger partial charge in [-0.1, -0.05) is 0 Å². The summed E-state index contributed by atoms with van der Waals surface area (Å²) in [5, 5.41) is 9.25. The summed E-state index contributed by atoms with van der Waals surface area (Å²) in [7, 11) is 0. The van der Waals surface area contributed by atoms with Gasteiger partial charge < -0.3 is 0 Å². The number of hydrogen-bond acceptors (Lipinski definition) is 5. The minimum Gasteiger partial charge on any atom is -0.277 e. The number of hydrogen-bond donors (Lipinski definition) is 2. The molecule has 0 bridgehead atoms. The second-order valence-electron chi connectivity index (χ2n) is 6.16. The second-order valence-corrected chi connectivity index (χ2v) is 6.16. The first-order valence-corrected chi connectivity index (χ1v) is 8.13. The van der Waals surface area contributed by atoms with Crippen molar-refractivity contribution in [2.75, 3.05) is 0 Å². The fourth-order valence-electron chi connectivity index (χ4n) is 2.83. The van der Waals surface area contributed by atoms with Crippen LogP contribution in [0.15, 0.2) is 48.9 Å². The third kappa shape index (κ3) is 3.25. The van der Waals surface area contributed by atoms with Gasteiger partial charge in [-0.2, -0.15) is 18.3 Å². The van der Waals surface area contributed by atoms with Crippen LogP contribution in [0.4, 0.5) is 13.2 Å². The molecular formula is C18H13F3N6O. The number of pyridine rings is 2. The van der Waals surface area contributed by atoms with Gasteiger partial charge in [0.05, 0.1) is 35.0 Å². The average Bonchev–Trinajstić information content (AvgIpc) is 3.16. The molecule has 4 aromatic rings. The zero-order chi connectivity index (χ0) is 19.9. The van der Waals surface area contributed by atoms with Gasteiger partial charge in [-0.25, -0.2) is 5.84 Å². The molecule has 28 heavy (non-hydrogen) atoms. The van der Waals surface area contributed by atoms with E-state index in [1.165, 1.54) is 6.07 Å². The average molecular weight is 386 g/mol. The molecule has 0 aliphatic carbocycles. The van der Waals surface area contributed by atoms with Crippen LogP contribution in [0.3, 0.4) is 0 Å². The lowest BCUT2D eigenvalue weighted by Crippen LogP contribution is -2.37. The molecule has 3 aromatic heterocycles. The molecule has 0 aliphatic heterocycles. The summed E-state index contributed by atoms with van der Waals surface area (Å²) in [5.41, 5.74) is 1.11. The van der Waals surface area contributed by atoms with Gasteiger partial charge in [0, 0.05) is 28.7 Å². The first kappa shape index (κ1) is 17.9. The highest BCUT2D eigenvalue weighted by atomic mass is 19.4. The Bertz CT molecular complexity index is 1170. The third-order valence-corrected chi connectivity index (χ3v) is 4.27. The van der Waals surface area contributed by atoms with E-state index in [1.807, 2.05) is 0 Å². The SMILES string of the molecule is NN(Cc1ccc(C(F)(F)F)cn1)C(=O)c1ccc2ncc3cn[nH]c3c2c1. The number of benzene rings is 1. The van der Waals surface area contributed by atoms with Crippen molar-refractivity contribution in [2.45, 2.75) is 12.7 Å². The summed E-state index contributed by atoms with van der Waals surface area (Å²) in [6.07, 6.45) is -0.457. The number of H-pyrrole nitrogens is 1. The van der Waals surface area contributed by atoms with E-state index in [2.05, 4.69) is 20.2 Å². The van der Waals surface area contributed by atoms with Crippen LogP contribution in [0.5, 0.6) is 0 Å². The van der Waals surface area contributed by atoms with Crippen molar-refractivity contribution in [3.8, 4) is 0 Å². The molecule has 0 saturated heterocycles. The van der Waals surface area contributed by atoms with Gasteiger partial charge in [-0.05, 0) is 30.3 Å². The standard InChI is InChI=1S/C18H13F3N6O/c19-18(20,21)12-2-3-13(23-8-12)9-27(22)17(28)10-1-4-15-14(5-10)16-11(6-24-15)7-25-26-16/h1-8H,9,22H2,(H,25,26). The van der Waals surface area contributed by atoms with Gasteiger partial charge in [0.15, 0.2) is 0 Å². The predicted octanol–water partition coefficient (Wildman–Crippen LogP) is 3.04. The van der Waals surface area contributed by atoms with E-state index < -0.39 is 17.6 Å². The lowest BCUT2D eigenvalue weighted by atomic mass is 10.1. The van der Waals surface area contributed by atoms with Crippen molar-refractivity contribution in [3.05, 3.63) is 65.7 Å². The van der Waals surface area contributed by atoms with Gasteiger partial charge >= 0.3 is 6.18 Å². The quantitative estimate of drug-likeness (QED) is 0.320. The minimum absolute atomic E-state index is 0.137. The van der Waals surface area contributed by atoms with Gasteiger partial charge in [-0.3, -0.25) is 24.9 Å². The van der Waals surface area contributed by atoms with Crippen LogP contribution in [-0.4, -0.2) is 31.1 Å². The Morgan fingerprint density at radius 3 is 2.64 bits per heavy atom. The number of halogens is 3. The summed E-state index contributed by atoms with van der Waals surface area (Å²) >= 11 is 0. The molecule has 1 aromatic carbocycles.